The van der Waals surface area contributed by atoms with Gasteiger partial charge in [-0.2, -0.15) is 0 Å². The molecule has 0 aliphatic carbocycles. The Kier molecular flexibility index (Phi) is 1.60. The van der Waals surface area contributed by atoms with E-state index >= 15 is 0 Å². The number of rotatable bonds is 0. The van der Waals surface area contributed by atoms with Crippen molar-refractivity contribution >= 4 is 6.03 Å². The minimum atomic E-state index is 0.110. The van der Waals surface area contributed by atoms with Gasteiger partial charge in [0.25, 0.3) is 0 Å². The molecule has 0 aromatic carbocycles. The number of hydrogen-bond acceptors (Lipinski definition) is 2. The Balaban J connectivity index is 1.93. The zero-order valence-electron chi connectivity index (χ0n) is 8.62. The summed E-state index contributed by atoms with van der Waals surface area (Å²) in [7, 11) is 1.95. The number of nitrogens with zero attached hydrogens (tertiary/aromatic N) is 2. The molecule has 4 aliphatic heterocycles. The van der Waals surface area contributed by atoms with Crippen LogP contribution in [-0.4, -0.2) is 54.6 Å². The zero-order valence-corrected chi connectivity index (χ0v) is 8.62. The van der Waals surface area contributed by atoms with Gasteiger partial charge >= 0.3 is 6.03 Å². The van der Waals surface area contributed by atoms with E-state index in [0.717, 1.165) is 19.0 Å². The minimum Gasteiger partial charge on any atom is -0.336 e. The molecule has 2 bridgehead atoms. The molecule has 1 N–H and O–H groups in total. The van der Waals surface area contributed by atoms with Gasteiger partial charge in [-0.3, -0.25) is 0 Å². The van der Waals surface area contributed by atoms with Gasteiger partial charge in [0.1, 0.15) is 0 Å². The molecule has 4 heterocycles. The number of carbonyl (C=O) groups excluding carboxylic acids is 1. The maximum absolute atomic E-state index is 11.5. The molecule has 4 fully saturated rings. The minimum absolute atomic E-state index is 0.110. The maximum atomic E-state index is 11.5. The van der Waals surface area contributed by atoms with Gasteiger partial charge in [-0.15, -0.1) is 0 Å². The Morgan fingerprint density at radius 1 is 1.43 bits per heavy atom. The molecule has 4 rings (SSSR count). The van der Waals surface area contributed by atoms with Crippen LogP contribution in [-0.2, 0) is 0 Å². The van der Waals surface area contributed by atoms with Crippen molar-refractivity contribution < 1.29 is 4.79 Å². The van der Waals surface area contributed by atoms with Crippen molar-refractivity contribution in [1.82, 2.24) is 15.1 Å². The van der Waals surface area contributed by atoms with Gasteiger partial charge < -0.3 is 15.1 Å². The van der Waals surface area contributed by atoms with Crippen molar-refractivity contribution in [2.45, 2.75) is 18.4 Å². The predicted molar refractivity (Wildman–Crippen MR) is 53.1 cm³/mol. The van der Waals surface area contributed by atoms with Crippen molar-refractivity contribution in [1.29, 1.82) is 0 Å². The molecule has 78 valence electrons. The van der Waals surface area contributed by atoms with E-state index in [1.807, 2.05) is 11.9 Å². The van der Waals surface area contributed by atoms with Crippen LogP contribution in [0.25, 0.3) is 0 Å². The topological polar surface area (TPSA) is 35.6 Å². The first-order valence-corrected chi connectivity index (χ1v) is 5.46. The number of urea groups is 1. The lowest BCUT2D eigenvalue weighted by molar-refractivity contribution is -0.0226. The van der Waals surface area contributed by atoms with Gasteiger partial charge in [-0.1, -0.05) is 0 Å². The van der Waals surface area contributed by atoms with Crippen LogP contribution in [0.5, 0.6) is 0 Å². The first-order valence-electron chi connectivity index (χ1n) is 5.46. The monoisotopic (exact) mass is 195 g/mol. The summed E-state index contributed by atoms with van der Waals surface area (Å²) in [6.07, 6.45) is 2.53. The highest BCUT2D eigenvalue weighted by Gasteiger charge is 2.53. The van der Waals surface area contributed by atoms with Crippen LogP contribution in [0.4, 0.5) is 4.79 Å². The highest BCUT2D eigenvalue weighted by molar-refractivity contribution is 5.77. The molecule has 4 heteroatoms. The first kappa shape index (κ1) is 8.53. The number of amides is 2. The van der Waals surface area contributed by atoms with Crippen molar-refractivity contribution in [2.24, 2.45) is 5.92 Å². The van der Waals surface area contributed by atoms with Crippen molar-refractivity contribution in [3.8, 4) is 0 Å². The second-order valence-corrected chi connectivity index (χ2v) is 4.87. The quantitative estimate of drug-likeness (QED) is 0.595. The largest absolute Gasteiger partial charge is 0.336 e. The average Bonchev–Trinajstić information content (AvgIpc) is 2.50. The predicted octanol–water partition coefficient (Wildman–Crippen LogP) is 0.106. The first-order chi connectivity index (χ1) is 6.72. The van der Waals surface area contributed by atoms with E-state index in [1.54, 1.807) is 0 Å². The van der Waals surface area contributed by atoms with Crippen LogP contribution in [0.3, 0.4) is 0 Å². The smallest absolute Gasteiger partial charge is 0.317 e. The zero-order chi connectivity index (χ0) is 9.76. The molecule has 0 aromatic heterocycles. The van der Waals surface area contributed by atoms with E-state index in [0.29, 0.717) is 0 Å². The Hall–Kier alpha value is -0.770. The molecular formula is C10H17N3O. The molecule has 4 saturated heterocycles. The van der Waals surface area contributed by atoms with E-state index in [-0.39, 0.29) is 11.6 Å². The molecule has 4 nitrogen and oxygen atoms in total. The van der Waals surface area contributed by atoms with Gasteiger partial charge in [-0.25, -0.2) is 4.79 Å². The number of carbonyl (C=O) groups is 1. The molecule has 0 saturated carbocycles. The number of fused-ring (bicyclic) bond motifs is 2. The highest BCUT2D eigenvalue weighted by Crippen LogP contribution is 2.40. The fourth-order valence-corrected chi connectivity index (χ4v) is 3.39. The summed E-state index contributed by atoms with van der Waals surface area (Å²) < 4.78 is 0. The molecular weight excluding hydrogens is 178 g/mol. The van der Waals surface area contributed by atoms with Gasteiger partial charge in [-0.05, 0) is 31.8 Å². The van der Waals surface area contributed by atoms with Crippen molar-refractivity contribution in [2.75, 3.05) is 33.2 Å². The van der Waals surface area contributed by atoms with Crippen LogP contribution in [0.2, 0.25) is 0 Å². The Morgan fingerprint density at radius 2 is 2.14 bits per heavy atom. The standard InChI is InChI=1S/C10H17N3O/c1-12-9(14)11-6-10(12)7-13-4-2-8(10)3-5-13/h8H,2-7H2,1H3,(H,11,14)/t10-/m0/s1. The van der Waals surface area contributed by atoms with Crippen LogP contribution >= 0.6 is 0 Å². The normalized spacial score (nSPS) is 46.1. The Morgan fingerprint density at radius 3 is 2.57 bits per heavy atom. The summed E-state index contributed by atoms with van der Waals surface area (Å²) >= 11 is 0. The van der Waals surface area contributed by atoms with Gasteiger partial charge in [0.15, 0.2) is 0 Å². The van der Waals surface area contributed by atoms with Gasteiger partial charge in [0.05, 0.1) is 5.54 Å². The maximum Gasteiger partial charge on any atom is 0.317 e. The van der Waals surface area contributed by atoms with E-state index in [9.17, 15) is 4.79 Å². The molecule has 1 spiro atoms. The average molecular weight is 195 g/mol. The van der Waals surface area contributed by atoms with E-state index in [2.05, 4.69) is 10.2 Å². The van der Waals surface area contributed by atoms with E-state index in [1.165, 1.54) is 25.9 Å². The van der Waals surface area contributed by atoms with Crippen LogP contribution in [0.1, 0.15) is 12.8 Å². The second-order valence-electron chi connectivity index (χ2n) is 4.87. The molecule has 2 amide bonds. The van der Waals surface area contributed by atoms with E-state index in [4.69, 9.17) is 0 Å². The van der Waals surface area contributed by atoms with Gasteiger partial charge in [0.2, 0.25) is 0 Å². The molecule has 14 heavy (non-hydrogen) atoms. The summed E-state index contributed by atoms with van der Waals surface area (Å²) in [6.45, 7) is 4.39. The van der Waals surface area contributed by atoms with Crippen molar-refractivity contribution in [3.63, 3.8) is 0 Å². The summed E-state index contributed by atoms with van der Waals surface area (Å²) in [5, 5.41) is 2.98. The van der Waals surface area contributed by atoms with E-state index < -0.39 is 0 Å². The highest BCUT2D eigenvalue weighted by atomic mass is 16.2. The lowest BCUT2D eigenvalue weighted by Crippen LogP contribution is -2.65. The third-order valence-electron chi connectivity index (χ3n) is 4.36. The lowest BCUT2D eigenvalue weighted by atomic mass is 9.72. The molecule has 0 unspecified atom stereocenters. The summed E-state index contributed by atoms with van der Waals surface area (Å²) in [5.41, 5.74) is 0.119. The number of piperidine rings is 3. The fraction of sp³-hybridized carbons (Fsp3) is 0.900. The SMILES string of the molecule is CN1C(=O)NC[C@@]12CN1CCC2CC1. The number of likely N-dealkylation sites (N-methyl/N-ethyl adjacent to an activating group) is 1. The Labute approximate surface area is 84.2 Å². The Bertz CT molecular complexity index is 273. The van der Waals surface area contributed by atoms with Crippen LogP contribution < -0.4 is 5.32 Å². The van der Waals surface area contributed by atoms with Crippen LogP contribution in [0, 0.1) is 5.92 Å². The lowest BCUT2D eigenvalue weighted by Gasteiger charge is -2.53. The van der Waals surface area contributed by atoms with Gasteiger partial charge in [0, 0.05) is 20.1 Å². The summed E-state index contributed by atoms with van der Waals surface area (Å²) in [5.74, 6) is 0.719. The van der Waals surface area contributed by atoms with Crippen molar-refractivity contribution in [3.05, 3.63) is 0 Å². The molecule has 0 aromatic rings. The summed E-state index contributed by atoms with van der Waals surface area (Å²) in [6, 6.07) is 0.110. The third-order valence-corrected chi connectivity index (χ3v) is 4.36. The summed E-state index contributed by atoms with van der Waals surface area (Å²) in [4.78, 5) is 16.0. The number of nitrogens with one attached hydrogen (secondary N) is 1. The fourth-order valence-electron chi connectivity index (χ4n) is 3.39. The number of hydrogen-bond donors (Lipinski definition) is 1. The molecule has 4 aliphatic rings. The van der Waals surface area contributed by atoms with Crippen LogP contribution in [0.15, 0.2) is 0 Å². The molecule has 0 radical (unpaired) electrons. The third kappa shape index (κ3) is 0.895. The second kappa shape index (κ2) is 2.63. The molecule has 1 atom stereocenters.